The van der Waals surface area contributed by atoms with Crippen LogP contribution >= 0.6 is 0 Å². The molecule has 8 heteroatoms. The highest BCUT2D eigenvalue weighted by Gasteiger charge is 2.22. The Labute approximate surface area is 192 Å². The molecule has 0 aliphatic heterocycles. The Morgan fingerprint density at radius 1 is 1.00 bits per heavy atom. The predicted octanol–water partition coefficient (Wildman–Crippen LogP) is 4.35. The number of fused-ring (bicyclic) bond motifs is 1. The van der Waals surface area contributed by atoms with Gasteiger partial charge in [-0.05, 0) is 61.9 Å². The first-order valence-electron chi connectivity index (χ1n) is 10.2. The van der Waals surface area contributed by atoms with Crippen molar-refractivity contribution in [2.24, 2.45) is 5.10 Å². The first-order valence-corrected chi connectivity index (χ1v) is 11.7. The number of methoxy groups -OCH3 is 1. The maximum Gasteiger partial charge on any atom is 0.271 e. The zero-order valence-electron chi connectivity index (χ0n) is 18.4. The molecule has 0 aliphatic carbocycles. The van der Waals surface area contributed by atoms with Crippen molar-refractivity contribution in [1.82, 2.24) is 9.40 Å². The zero-order valence-corrected chi connectivity index (χ0v) is 19.3. The van der Waals surface area contributed by atoms with Crippen LogP contribution in [0.5, 0.6) is 5.75 Å². The van der Waals surface area contributed by atoms with Crippen molar-refractivity contribution >= 4 is 32.5 Å². The molecule has 0 radical (unpaired) electrons. The molecule has 0 fully saturated rings. The molecule has 4 rings (SSSR count). The second kappa shape index (κ2) is 8.91. The lowest BCUT2D eigenvalue weighted by Crippen LogP contribution is -2.19. The van der Waals surface area contributed by atoms with Gasteiger partial charge in [-0.2, -0.15) is 5.10 Å². The molecule has 0 bridgehead atoms. The summed E-state index contributed by atoms with van der Waals surface area (Å²) >= 11 is 0. The molecule has 33 heavy (non-hydrogen) atoms. The smallest absolute Gasteiger partial charge is 0.271 e. The van der Waals surface area contributed by atoms with Crippen LogP contribution in [-0.4, -0.2) is 31.1 Å². The Morgan fingerprint density at radius 3 is 2.36 bits per heavy atom. The summed E-state index contributed by atoms with van der Waals surface area (Å²) in [4.78, 5) is 12.5. The van der Waals surface area contributed by atoms with E-state index in [4.69, 9.17) is 4.74 Å². The lowest BCUT2D eigenvalue weighted by molar-refractivity contribution is 0.0955. The third-order valence-corrected chi connectivity index (χ3v) is 6.98. The number of hydrogen-bond donors (Lipinski definition) is 1. The van der Waals surface area contributed by atoms with E-state index in [0.29, 0.717) is 33.5 Å². The number of aromatic nitrogens is 1. The fourth-order valence-corrected chi connectivity index (χ4v) is 4.87. The average Bonchev–Trinajstić information content (AvgIpc) is 3.22. The monoisotopic (exact) mass is 461 g/mol. The first-order chi connectivity index (χ1) is 15.8. The van der Waals surface area contributed by atoms with Gasteiger partial charge in [0.05, 0.1) is 23.2 Å². The number of nitrogens with one attached hydrogen (secondary N) is 1. The van der Waals surface area contributed by atoms with Gasteiger partial charge < -0.3 is 4.74 Å². The topological polar surface area (TPSA) is 89.8 Å². The van der Waals surface area contributed by atoms with Crippen LogP contribution in [0, 0.1) is 6.92 Å². The number of aryl methyl sites for hydroxylation is 1. The van der Waals surface area contributed by atoms with E-state index in [2.05, 4.69) is 10.5 Å². The summed E-state index contributed by atoms with van der Waals surface area (Å²) in [7, 11) is -2.35. The molecule has 0 aliphatic rings. The molecule has 1 aromatic heterocycles. The van der Waals surface area contributed by atoms with Gasteiger partial charge in [0, 0.05) is 22.7 Å². The second-order valence-corrected chi connectivity index (χ2v) is 9.36. The first kappa shape index (κ1) is 22.3. The number of rotatable bonds is 6. The average molecular weight is 462 g/mol. The Kier molecular flexibility index (Phi) is 6.02. The zero-order chi connectivity index (χ0) is 23.6. The fraction of sp³-hybridized carbons (Fsp3) is 0.120. The summed E-state index contributed by atoms with van der Waals surface area (Å²) in [5.74, 6) is 0.223. The van der Waals surface area contributed by atoms with Gasteiger partial charge in [0.1, 0.15) is 5.75 Å². The maximum atomic E-state index is 13.5. The number of hydrazone groups is 1. The van der Waals surface area contributed by atoms with E-state index < -0.39 is 10.0 Å². The minimum atomic E-state index is -3.88. The number of benzene rings is 3. The van der Waals surface area contributed by atoms with Crippen LogP contribution in [0.3, 0.4) is 0 Å². The van der Waals surface area contributed by atoms with Crippen LogP contribution in [-0.2, 0) is 10.0 Å². The molecule has 0 spiro atoms. The van der Waals surface area contributed by atoms with Gasteiger partial charge in [-0.1, -0.05) is 30.3 Å². The van der Waals surface area contributed by atoms with Gasteiger partial charge >= 0.3 is 0 Å². The maximum absolute atomic E-state index is 13.5. The van der Waals surface area contributed by atoms with Crippen molar-refractivity contribution in [3.8, 4) is 5.75 Å². The van der Waals surface area contributed by atoms with E-state index in [0.717, 1.165) is 5.56 Å². The minimum Gasteiger partial charge on any atom is -0.497 e. The molecule has 0 saturated carbocycles. The van der Waals surface area contributed by atoms with Crippen LogP contribution in [0.15, 0.2) is 89.0 Å². The van der Waals surface area contributed by atoms with Crippen LogP contribution in [0.2, 0.25) is 0 Å². The van der Waals surface area contributed by atoms with Crippen molar-refractivity contribution in [2.75, 3.05) is 7.11 Å². The quantitative estimate of drug-likeness (QED) is 0.341. The Hall–Kier alpha value is -3.91. The molecular formula is C25H23N3O4S. The van der Waals surface area contributed by atoms with Crippen molar-refractivity contribution in [2.45, 2.75) is 18.7 Å². The molecule has 0 unspecified atom stereocenters. The van der Waals surface area contributed by atoms with Gasteiger partial charge in [0.15, 0.2) is 0 Å². The third-order valence-electron chi connectivity index (χ3n) is 5.29. The summed E-state index contributed by atoms with van der Waals surface area (Å²) in [6.45, 7) is 3.63. The molecule has 1 amide bonds. The van der Waals surface area contributed by atoms with E-state index >= 15 is 0 Å². The molecule has 0 atom stereocenters. The van der Waals surface area contributed by atoms with E-state index in [-0.39, 0.29) is 10.8 Å². The summed E-state index contributed by atoms with van der Waals surface area (Å²) in [6, 6.07) is 20.6. The summed E-state index contributed by atoms with van der Waals surface area (Å²) in [5, 5.41) is 4.94. The molecule has 3 aromatic carbocycles. The molecule has 1 N–H and O–H groups in total. The Balaban J connectivity index is 1.77. The molecule has 4 aromatic rings. The highest BCUT2D eigenvalue weighted by molar-refractivity contribution is 7.90. The third kappa shape index (κ3) is 4.38. The van der Waals surface area contributed by atoms with Crippen LogP contribution in [0.25, 0.3) is 10.9 Å². The van der Waals surface area contributed by atoms with Crippen LogP contribution < -0.4 is 10.2 Å². The molecule has 0 saturated heterocycles. The number of amides is 1. The molecule has 1 heterocycles. The number of hydrogen-bond acceptors (Lipinski definition) is 5. The molecule has 7 nitrogen and oxygen atoms in total. The van der Waals surface area contributed by atoms with Crippen molar-refractivity contribution in [3.63, 3.8) is 0 Å². The minimum absolute atomic E-state index is 0.139. The van der Waals surface area contributed by atoms with Crippen LogP contribution in [0.4, 0.5) is 0 Å². The number of carbonyl (C=O) groups is 1. The standard InChI is InChI=1S/C25H23N3O4S/c1-17-9-14-22-23(18(2)26-27-25(29)19-7-5-4-6-8-19)16-28(24(22)15-17)33(30,31)21-12-10-20(32-3)11-13-21/h4-16H,1-3H3,(H,27,29)/b26-18+. The van der Waals surface area contributed by atoms with E-state index in [1.807, 2.05) is 31.2 Å². The fourth-order valence-electron chi connectivity index (χ4n) is 3.51. The summed E-state index contributed by atoms with van der Waals surface area (Å²) in [6.07, 6.45) is 1.54. The van der Waals surface area contributed by atoms with Gasteiger partial charge in [-0.25, -0.2) is 17.8 Å². The molecule has 168 valence electrons. The second-order valence-electron chi connectivity index (χ2n) is 7.54. The lowest BCUT2D eigenvalue weighted by atomic mass is 10.1. The molecular weight excluding hydrogens is 438 g/mol. The number of ether oxygens (including phenoxy) is 1. The van der Waals surface area contributed by atoms with Gasteiger partial charge in [-0.15, -0.1) is 0 Å². The normalized spacial score (nSPS) is 12.0. The largest absolute Gasteiger partial charge is 0.497 e. The van der Waals surface area contributed by atoms with Crippen molar-refractivity contribution in [3.05, 3.63) is 95.7 Å². The number of carbonyl (C=O) groups excluding carboxylic acids is 1. The van der Waals surface area contributed by atoms with E-state index in [9.17, 15) is 13.2 Å². The van der Waals surface area contributed by atoms with E-state index in [1.165, 1.54) is 29.4 Å². The van der Waals surface area contributed by atoms with Gasteiger partial charge in [0.25, 0.3) is 15.9 Å². The predicted molar refractivity (Wildman–Crippen MR) is 128 cm³/mol. The highest BCUT2D eigenvalue weighted by atomic mass is 32.2. The summed E-state index contributed by atoms with van der Waals surface area (Å²) < 4.78 is 33.3. The van der Waals surface area contributed by atoms with Crippen LogP contribution in [0.1, 0.15) is 28.4 Å². The van der Waals surface area contributed by atoms with E-state index in [1.54, 1.807) is 43.3 Å². The highest BCUT2D eigenvalue weighted by Crippen LogP contribution is 2.28. The van der Waals surface area contributed by atoms with Gasteiger partial charge in [0.2, 0.25) is 0 Å². The lowest BCUT2D eigenvalue weighted by Gasteiger charge is -2.08. The van der Waals surface area contributed by atoms with Crippen molar-refractivity contribution < 1.29 is 17.9 Å². The van der Waals surface area contributed by atoms with Gasteiger partial charge in [-0.3, -0.25) is 4.79 Å². The summed E-state index contributed by atoms with van der Waals surface area (Å²) in [5.41, 5.74) is 5.57. The van der Waals surface area contributed by atoms with Crippen molar-refractivity contribution in [1.29, 1.82) is 0 Å². The Morgan fingerprint density at radius 2 is 1.70 bits per heavy atom. The Bertz CT molecular complexity index is 1460. The SMILES string of the molecule is COc1ccc(S(=O)(=O)n2cc(/C(C)=N/NC(=O)c3ccccc3)c3ccc(C)cc32)cc1. The number of nitrogens with zero attached hydrogens (tertiary/aromatic N) is 2.